The van der Waals surface area contributed by atoms with Crippen LogP contribution in [-0.4, -0.2) is 72.6 Å². The zero-order valence-corrected chi connectivity index (χ0v) is 25.6. The fourth-order valence-corrected chi connectivity index (χ4v) is 6.88. The molecule has 3 unspecified atom stereocenters. The average molecular weight is 588 g/mol. The van der Waals surface area contributed by atoms with E-state index in [4.69, 9.17) is 24.1 Å². The van der Waals surface area contributed by atoms with Crippen LogP contribution in [0.5, 0.6) is 0 Å². The summed E-state index contributed by atoms with van der Waals surface area (Å²) in [6, 6.07) is -0.944. The molecule has 4 aliphatic rings. The molecule has 0 aromatic carbocycles. The molecular weight excluding hydrogens is 542 g/mol. The van der Waals surface area contributed by atoms with Crippen LogP contribution in [0.2, 0.25) is 0 Å². The maximum atomic E-state index is 13.7. The summed E-state index contributed by atoms with van der Waals surface area (Å²) in [7, 11) is 0. The molecule has 7 atom stereocenters. The predicted octanol–water partition coefficient (Wildman–Crippen LogP) is 3.89. The van der Waals surface area contributed by atoms with Crippen molar-refractivity contribution in [3.05, 3.63) is 36.0 Å². The van der Waals surface area contributed by atoms with Crippen molar-refractivity contribution in [2.24, 2.45) is 22.2 Å². The van der Waals surface area contributed by atoms with E-state index in [9.17, 15) is 19.2 Å². The Balaban J connectivity index is 1.45. The molecule has 0 aromatic heterocycles. The van der Waals surface area contributed by atoms with Crippen molar-refractivity contribution in [2.45, 2.75) is 97.5 Å². The van der Waals surface area contributed by atoms with Gasteiger partial charge in [0.15, 0.2) is 0 Å². The van der Waals surface area contributed by atoms with Gasteiger partial charge in [-0.1, -0.05) is 58.4 Å². The van der Waals surface area contributed by atoms with E-state index >= 15 is 0 Å². The standard InChI is InChI=1S/C32H45NO9/c1-20-11-15-31(23(17-20)42-22-12-14-30(31,6)32(22)19-41-32)18-40-27(37)26(33-28(38)29(3,4)5)21(2)13-16-39-25(36)10-8-7-9-24(34)35/h7-10,17,21-23,26H,11-16,18-19H2,1-6H3,(H,33,38)(H,34,35)/b9-7-,10-8+/t21-,22?,23-,26?,30?,31-,32+/m1/s1. The van der Waals surface area contributed by atoms with Gasteiger partial charge in [0.25, 0.3) is 0 Å². The lowest BCUT2D eigenvalue weighted by atomic mass is 9.52. The van der Waals surface area contributed by atoms with Gasteiger partial charge >= 0.3 is 17.9 Å². The first-order valence-electron chi connectivity index (χ1n) is 14.8. The highest BCUT2D eigenvalue weighted by Gasteiger charge is 2.78. The fourth-order valence-electron chi connectivity index (χ4n) is 6.88. The van der Waals surface area contributed by atoms with Gasteiger partial charge in [0.1, 0.15) is 18.2 Å². The zero-order valence-electron chi connectivity index (χ0n) is 25.6. The van der Waals surface area contributed by atoms with Gasteiger partial charge in [0, 0.05) is 28.4 Å². The summed E-state index contributed by atoms with van der Waals surface area (Å²) in [5.41, 5.74) is -0.437. The zero-order chi connectivity index (χ0) is 30.9. The Morgan fingerprint density at radius 3 is 2.50 bits per heavy atom. The second kappa shape index (κ2) is 12.0. The molecule has 232 valence electrons. The molecule has 2 aliphatic heterocycles. The van der Waals surface area contributed by atoms with Gasteiger partial charge in [0.05, 0.1) is 25.4 Å². The second-order valence-corrected chi connectivity index (χ2v) is 13.6. The molecule has 0 aromatic rings. The number of hydrogen-bond acceptors (Lipinski definition) is 8. The number of carbonyl (C=O) groups excluding carboxylic acids is 3. The second-order valence-electron chi connectivity index (χ2n) is 13.6. The number of ether oxygens (including phenoxy) is 4. The van der Waals surface area contributed by atoms with Crippen LogP contribution in [0, 0.1) is 22.2 Å². The molecule has 1 amide bonds. The Morgan fingerprint density at radius 1 is 1.17 bits per heavy atom. The minimum Gasteiger partial charge on any atom is -0.478 e. The Bertz CT molecular complexity index is 1180. The van der Waals surface area contributed by atoms with Gasteiger partial charge in [0.2, 0.25) is 5.91 Å². The quantitative estimate of drug-likeness (QED) is 0.121. The van der Waals surface area contributed by atoms with Crippen LogP contribution in [-0.2, 0) is 38.1 Å². The van der Waals surface area contributed by atoms with Gasteiger partial charge in [-0.3, -0.25) is 4.79 Å². The van der Waals surface area contributed by atoms with Crippen molar-refractivity contribution in [2.75, 3.05) is 19.8 Å². The van der Waals surface area contributed by atoms with Crippen molar-refractivity contribution >= 4 is 23.8 Å². The van der Waals surface area contributed by atoms with Crippen LogP contribution < -0.4 is 5.32 Å². The maximum Gasteiger partial charge on any atom is 0.330 e. The number of carbonyl (C=O) groups is 4. The van der Waals surface area contributed by atoms with Crippen LogP contribution in [0.4, 0.5) is 0 Å². The average Bonchev–Trinajstić information content (AvgIpc) is 3.68. The summed E-state index contributed by atoms with van der Waals surface area (Å²) in [6.45, 7) is 12.3. The third-order valence-corrected chi connectivity index (χ3v) is 9.83. The molecule has 2 N–H and O–H groups in total. The largest absolute Gasteiger partial charge is 0.478 e. The minimum absolute atomic E-state index is 0.00535. The molecule has 10 heteroatoms. The summed E-state index contributed by atoms with van der Waals surface area (Å²) in [5, 5.41) is 11.5. The summed E-state index contributed by atoms with van der Waals surface area (Å²) in [4.78, 5) is 49.2. The molecule has 1 saturated carbocycles. The van der Waals surface area contributed by atoms with Crippen LogP contribution in [0.15, 0.2) is 36.0 Å². The lowest BCUT2D eigenvalue weighted by molar-refractivity contribution is -0.218. The molecule has 4 rings (SSSR count). The number of carboxylic acids is 1. The van der Waals surface area contributed by atoms with Crippen molar-refractivity contribution in [3.63, 3.8) is 0 Å². The Labute approximate surface area is 247 Å². The fraction of sp³-hybridized carbons (Fsp3) is 0.688. The van der Waals surface area contributed by atoms with Crippen molar-refractivity contribution in [1.82, 2.24) is 5.32 Å². The Kier molecular flexibility index (Phi) is 9.09. The van der Waals surface area contributed by atoms with E-state index < -0.39 is 40.7 Å². The molecule has 0 radical (unpaired) electrons. The molecule has 2 heterocycles. The van der Waals surface area contributed by atoms with E-state index in [2.05, 4.69) is 25.2 Å². The van der Waals surface area contributed by atoms with E-state index in [1.807, 2.05) is 6.92 Å². The number of fused-ring (bicyclic) bond motifs is 2. The van der Waals surface area contributed by atoms with Crippen molar-refractivity contribution in [3.8, 4) is 0 Å². The molecule has 3 fully saturated rings. The van der Waals surface area contributed by atoms with Crippen molar-refractivity contribution in [1.29, 1.82) is 0 Å². The maximum absolute atomic E-state index is 13.7. The van der Waals surface area contributed by atoms with E-state index in [1.54, 1.807) is 20.8 Å². The van der Waals surface area contributed by atoms with Crippen LogP contribution >= 0.6 is 0 Å². The topological polar surface area (TPSA) is 141 Å². The summed E-state index contributed by atoms with van der Waals surface area (Å²) < 4.78 is 24.1. The number of nitrogens with one attached hydrogen (secondary N) is 1. The summed E-state index contributed by atoms with van der Waals surface area (Å²) >= 11 is 0. The van der Waals surface area contributed by atoms with Crippen LogP contribution in [0.1, 0.15) is 73.6 Å². The first-order chi connectivity index (χ1) is 19.6. The van der Waals surface area contributed by atoms with Gasteiger partial charge in [-0.05, 0) is 44.9 Å². The number of rotatable bonds is 11. The lowest BCUT2D eigenvalue weighted by Gasteiger charge is -2.57. The van der Waals surface area contributed by atoms with Gasteiger partial charge in [-0.15, -0.1) is 0 Å². The van der Waals surface area contributed by atoms with Gasteiger partial charge < -0.3 is 29.4 Å². The molecule has 2 bridgehead atoms. The lowest BCUT2D eigenvalue weighted by Crippen LogP contribution is -2.64. The van der Waals surface area contributed by atoms with E-state index in [0.717, 1.165) is 37.8 Å². The Morgan fingerprint density at radius 2 is 1.86 bits per heavy atom. The smallest absolute Gasteiger partial charge is 0.330 e. The van der Waals surface area contributed by atoms with Gasteiger partial charge in [-0.2, -0.15) is 0 Å². The van der Waals surface area contributed by atoms with Crippen molar-refractivity contribution < 1.29 is 43.2 Å². The number of hydrogen-bond donors (Lipinski definition) is 2. The minimum atomic E-state index is -1.12. The number of esters is 2. The third kappa shape index (κ3) is 6.06. The normalized spacial score (nSPS) is 33.1. The number of epoxide rings is 1. The van der Waals surface area contributed by atoms with Gasteiger partial charge in [-0.25, -0.2) is 14.4 Å². The number of carboxylic acid groups (broad SMARTS) is 1. The molecule has 10 nitrogen and oxygen atoms in total. The SMILES string of the molecule is CC1=C[C@H]2OC3CCC(C)([C@@]2(COC(=O)C(NC(=O)C(C)(C)C)[C@H](C)CCOC(=O)/C=C/C=C\C(=O)O)CC1)[C@]31CO1. The molecule has 2 saturated heterocycles. The molecule has 2 aliphatic carbocycles. The first kappa shape index (κ1) is 31.9. The molecule has 1 spiro atoms. The first-order valence-corrected chi connectivity index (χ1v) is 14.8. The number of aliphatic carboxylic acids is 1. The van der Waals surface area contributed by atoms with Crippen LogP contribution in [0.25, 0.3) is 0 Å². The molecule has 42 heavy (non-hydrogen) atoms. The monoisotopic (exact) mass is 587 g/mol. The highest BCUT2D eigenvalue weighted by molar-refractivity contribution is 5.87. The highest BCUT2D eigenvalue weighted by Crippen LogP contribution is 2.71. The predicted molar refractivity (Wildman–Crippen MR) is 153 cm³/mol. The number of amides is 1. The molecular formula is C32H45NO9. The third-order valence-electron chi connectivity index (χ3n) is 9.83. The summed E-state index contributed by atoms with van der Waals surface area (Å²) in [6.07, 6.45) is 10.4. The van der Waals surface area contributed by atoms with E-state index in [0.29, 0.717) is 13.0 Å². The summed E-state index contributed by atoms with van der Waals surface area (Å²) in [5.74, 6) is -2.98. The number of allylic oxidation sites excluding steroid dienone is 3. The Hall–Kier alpha value is -2.98. The van der Waals surface area contributed by atoms with E-state index in [1.165, 1.54) is 17.7 Å². The van der Waals surface area contributed by atoms with Crippen LogP contribution in [0.3, 0.4) is 0 Å². The van der Waals surface area contributed by atoms with E-state index in [-0.39, 0.29) is 42.3 Å². The highest BCUT2D eigenvalue weighted by atomic mass is 16.6.